The van der Waals surface area contributed by atoms with E-state index in [1.807, 2.05) is 24.3 Å². The molecule has 154 valence electrons. The molecule has 0 aliphatic carbocycles. The predicted molar refractivity (Wildman–Crippen MR) is 111 cm³/mol. The van der Waals surface area contributed by atoms with Crippen LogP contribution >= 0.6 is 11.6 Å². The lowest BCUT2D eigenvalue weighted by atomic mass is 10.0. The Bertz CT molecular complexity index is 1210. The fourth-order valence-corrected chi connectivity index (χ4v) is 3.50. The monoisotopic (exact) mass is 429 g/mol. The van der Waals surface area contributed by atoms with Crippen LogP contribution < -0.4 is 5.32 Å². The zero-order chi connectivity index (χ0) is 21.3. The quantitative estimate of drug-likeness (QED) is 0.478. The summed E-state index contributed by atoms with van der Waals surface area (Å²) < 4.78 is 28.7. The van der Waals surface area contributed by atoms with Crippen molar-refractivity contribution >= 4 is 34.1 Å². The molecule has 1 amide bonds. The van der Waals surface area contributed by atoms with Gasteiger partial charge in [-0.25, -0.2) is 8.78 Å². The zero-order valence-corrected chi connectivity index (χ0v) is 16.8. The summed E-state index contributed by atoms with van der Waals surface area (Å²) in [4.78, 5) is 12.3. The van der Waals surface area contributed by atoms with Crippen LogP contribution in [0.4, 0.5) is 14.6 Å². The third-order valence-electron chi connectivity index (χ3n) is 4.78. The van der Waals surface area contributed by atoms with Crippen LogP contribution in [0.2, 0.25) is 5.02 Å². The van der Waals surface area contributed by atoms with E-state index in [2.05, 4.69) is 33.7 Å². The number of hydrogen-bond acceptors (Lipinski definition) is 3. The minimum absolute atomic E-state index is 0.128. The molecular weight excluding hydrogens is 412 g/mol. The van der Waals surface area contributed by atoms with E-state index in [9.17, 15) is 13.6 Å². The van der Waals surface area contributed by atoms with Gasteiger partial charge in [-0.1, -0.05) is 54.1 Å². The summed E-state index contributed by atoms with van der Waals surface area (Å²) in [6.07, 6.45) is -1.03. The van der Waals surface area contributed by atoms with Gasteiger partial charge < -0.3 is 5.32 Å². The molecule has 2 heterocycles. The van der Waals surface area contributed by atoms with Crippen LogP contribution in [0.1, 0.15) is 23.4 Å². The van der Waals surface area contributed by atoms with E-state index in [1.165, 1.54) is 6.92 Å². The first-order valence-electron chi connectivity index (χ1n) is 9.23. The van der Waals surface area contributed by atoms with E-state index in [4.69, 9.17) is 11.6 Å². The summed E-state index contributed by atoms with van der Waals surface area (Å²) in [6.45, 7) is 1.84. The van der Waals surface area contributed by atoms with Gasteiger partial charge >= 0.3 is 0 Å². The number of nitrogens with one attached hydrogen (secondary N) is 1. The van der Waals surface area contributed by atoms with E-state index in [0.29, 0.717) is 18.1 Å². The molecule has 1 N–H and O–H groups in total. The highest BCUT2D eigenvalue weighted by molar-refractivity contribution is 6.31. The largest absolute Gasteiger partial charge is 0.308 e. The molecule has 0 fully saturated rings. The molecule has 0 aliphatic heterocycles. The van der Waals surface area contributed by atoms with Crippen LogP contribution in [-0.2, 0) is 17.9 Å². The molecule has 4 rings (SSSR count). The van der Waals surface area contributed by atoms with Crippen LogP contribution in [0.3, 0.4) is 0 Å². The normalized spacial score (nSPS) is 11.4. The number of halogens is 3. The molecule has 0 spiro atoms. The Labute approximate surface area is 176 Å². The average molecular weight is 430 g/mol. The van der Waals surface area contributed by atoms with E-state index in [1.54, 1.807) is 16.9 Å². The molecule has 0 saturated heterocycles. The number of anilines is 1. The summed E-state index contributed by atoms with van der Waals surface area (Å²) >= 11 is 5.86. The molecule has 4 aromatic rings. The topological polar surface area (TPSA) is 64.7 Å². The van der Waals surface area contributed by atoms with E-state index < -0.39 is 18.0 Å². The lowest BCUT2D eigenvalue weighted by Crippen LogP contribution is -2.20. The summed E-state index contributed by atoms with van der Waals surface area (Å²) in [5.41, 5.74) is 0.889. The number of hydrogen-bond donors (Lipinski definition) is 1. The van der Waals surface area contributed by atoms with Gasteiger partial charge in [0.1, 0.15) is 12.2 Å². The molecule has 2 aromatic carbocycles. The maximum atomic E-state index is 12.9. The van der Waals surface area contributed by atoms with Crippen molar-refractivity contribution in [3.8, 4) is 0 Å². The number of benzene rings is 2. The highest BCUT2D eigenvalue weighted by Crippen LogP contribution is 2.28. The van der Waals surface area contributed by atoms with Crippen LogP contribution in [0, 0.1) is 6.92 Å². The zero-order valence-electron chi connectivity index (χ0n) is 16.0. The number of rotatable bonds is 6. The smallest absolute Gasteiger partial charge is 0.283 e. The molecule has 0 bridgehead atoms. The summed E-state index contributed by atoms with van der Waals surface area (Å²) in [5.74, 6) is -0.0706. The summed E-state index contributed by atoms with van der Waals surface area (Å²) in [6, 6.07) is 15.9. The highest BCUT2D eigenvalue weighted by Gasteiger charge is 2.21. The molecule has 6 nitrogen and oxygen atoms in total. The van der Waals surface area contributed by atoms with Crippen molar-refractivity contribution in [1.82, 2.24) is 19.6 Å². The minimum atomic E-state index is -2.80. The van der Waals surface area contributed by atoms with Crippen molar-refractivity contribution < 1.29 is 13.6 Å². The molecule has 0 radical (unpaired) electrons. The lowest BCUT2D eigenvalue weighted by Gasteiger charge is -2.07. The van der Waals surface area contributed by atoms with Crippen molar-refractivity contribution in [3.63, 3.8) is 0 Å². The van der Waals surface area contributed by atoms with E-state index in [0.717, 1.165) is 21.0 Å². The minimum Gasteiger partial charge on any atom is -0.308 e. The Hall–Kier alpha value is -3.26. The second-order valence-electron chi connectivity index (χ2n) is 6.83. The first-order valence-corrected chi connectivity index (χ1v) is 9.61. The summed E-state index contributed by atoms with van der Waals surface area (Å²) in [5, 5.41) is 12.9. The molecule has 2 aromatic heterocycles. The fraction of sp³-hybridized carbons (Fsp3) is 0.190. The van der Waals surface area contributed by atoms with Gasteiger partial charge in [0, 0.05) is 12.3 Å². The maximum Gasteiger partial charge on any atom is 0.283 e. The maximum absolute atomic E-state index is 12.9. The molecule has 0 aliphatic rings. The second kappa shape index (κ2) is 8.23. The van der Waals surface area contributed by atoms with Crippen molar-refractivity contribution in [2.45, 2.75) is 26.4 Å². The Morgan fingerprint density at radius 1 is 1.13 bits per heavy atom. The molecular formula is C21H18ClF2N5O. The first-order chi connectivity index (χ1) is 14.4. The van der Waals surface area contributed by atoms with Gasteiger partial charge in [0.2, 0.25) is 5.91 Å². The van der Waals surface area contributed by atoms with Crippen LogP contribution in [0.25, 0.3) is 10.8 Å². The number of carbonyl (C=O) groups is 1. The Balaban J connectivity index is 1.45. The SMILES string of the molecule is Cc1c(Cl)c(C(F)F)nn1CC(=O)Nc1ccn(Cc2cccc3ccccc23)n1. The number of fused-ring (bicyclic) bond motifs is 1. The fourth-order valence-electron chi connectivity index (χ4n) is 3.28. The standard InChI is InChI=1S/C21H18ClF2N5O/c1-13-19(22)20(21(23)24)27-29(13)12-18(30)25-17-9-10-28(26-17)11-15-7-4-6-14-5-2-3-8-16(14)15/h2-10,21H,11-12H2,1H3,(H,25,26,30). The van der Waals surface area contributed by atoms with Crippen molar-refractivity contribution in [2.24, 2.45) is 0 Å². The molecule has 0 unspecified atom stereocenters. The molecule has 30 heavy (non-hydrogen) atoms. The van der Waals surface area contributed by atoms with E-state index >= 15 is 0 Å². The van der Waals surface area contributed by atoms with Crippen LogP contribution in [0.5, 0.6) is 0 Å². The lowest BCUT2D eigenvalue weighted by molar-refractivity contribution is -0.117. The van der Waals surface area contributed by atoms with Crippen LogP contribution in [-0.4, -0.2) is 25.5 Å². The van der Waals surface area contributed by atoms with Gasteiger partial charge in [-0.2, -0.15) is 10.2 Å². The van der Waals surface area contributed by atoms with Gasteiger partial charge in [0.25, 0.3) is 6.43 Å². The van der Waals surface area contributed by atoms with Crippen molar-refractivity contribution in [2.75, 3.05) is 5.32 Å². The third kappa shape index (κ3) is 4.04. The number of amides is 1. The second-order valence-corrected chi connectivity index (χ2v) is 7.21. The Kier molecular flexibility index (Phi) is 5.50. The highest BCUT2D eigenvalue weighted by atomic mass is 35.5. The van der Waals surface area contributed by atoms with Crippen molar-refractivity contribution in [1.29, 1.82) is 0 Å². The molecule has 0 saturated carbocycles. The molecule has 9 heteroatoms. The van der Waals surface area contributed by atoms with E-state index in [-0.39, 0.29) is 11.6 Å². The average Bonchev–Trinajstić information content (AvgIpc) is 3.27. The van der Waals surface area contributed by atoms with Crippen LogP contribution in [0.15, 0.2) is 54.7 Å². The van der Waals surface area contributed by atoms with Crippen molar-refractivity contribution in [3.05, 3.63) is 76.7 Å². The number of nitrogens with zero attached hydrogens (tertiary/aromatic N) is 4. The van der Waals surface area contributed by atoms with Gasteiger partial charge in [-0.15, -0.1) is 0 Å². The molecule has 0 atom stereocenters. The number of carbonyl (C=O) groups excluding carboxylic acids is 1. The number of aromatic nitrogens is 4. The Morgan fingerprint density at radius 3 is 2.67 bits per heavy atom. The first kappa shape index (κ1) is 20.0. The Morgan fingerprint density at radius 2 is 1.90 bits per heavy atom. The van der Waals surface area contributed by atoms with Gasteiger partial charge in [0.05, 0.1) is 17.3 Å². The van der Waals surface area contributed by atoms with Gasteiger partial charge in [0.15, 0.2) is 5.82 Å². The third-order valence-corrected chi connectivity index (χ3v) is 5.25. The van der Waals surface area contributed by atoms with Gasteiger partial charge in [-0.05, 0) is 23.3 Å². The van der Waals surface area contributed by atoms with Gasteiger partial charge in [-0.3, -0.25) is 14.2 Å². The number of alkyl halides is 2. The summed E-state index contributed by atoms with van der Waals surface area (Å²) in [7, 11) is 0. The predicted octanol–water partition coefficient (Wildman–Crippen LogP) is 4.82.